The molecule has 0 saturated heterocycles. The second-order valence-electron chi connectivity index (χ2n) is 8.31. The summed E-state index contributed by atoms with van der Waals surface area (Å²) in [7, 11) is 3.29. The normalized spacial score (nSPS) is 14.3. The summed E-state index contributed by atoms with van der Waals surface area (Å²) in [4.78, 5) is 4.48. The van der Waals surface area contributed by atoms with E-state index in [-0.39, 0.29) is 0 Å². The fourth-order valence-corrected chi connectivity index (χ4v) is 5.31. The maximum Gasteiger partial charge on any atom is 0.205 e. The van der Waals surface area contributed by atoms with Crippen molar-refractivity contribution in [3.05, 3.63) is 60.6 Å². The molecule has 0 unspecified atom stereocenters. The molecular formula is C26H28N4O3S. The first kappa shape index (κ1) is 22.5. The van der Waals surface area contributed by atoms with Crippen molar-refractivity contribution in [2.24, 2.45) is 0 Å². The molecule has 2 aromatic carbocycles. The monoisotopic (exact) mass is 476 g/mol. The number of benzene rings is 2. The number of hydrogen-bond acceptors (Lipinski definition) is 7. The molecule has 5 rings (SSSR count). The standard InChI is InChI=1S/C26H28N4O3S/c1-31-21-14-13-19(15-22(21)32-2)25-28-29-26(30(25)20-11-7-4-8-12-20)34-17-24-27-16-23(33-24)18-9-5-3-6-10-18/h3,5-6,9-10,13-16,20H,4,7-8,11-12,17H2,1-2H3. The van der Waals surface area contributed by atoms with E-state index in [1.54, 1.807) is 32.2 Å². The molecule has 4 aromatic rings. The van der Waals surface area contributed by atoms with Crippen LogP contribution in [0.3, 0.4) is 0 Å². The zero-order valence-electron chi connectivity index (χ0n) is 19.4. The summed E-state index contributed by atoms with van der Waals surface area (Å²) in [6, 6.07) is 16.3. The van der Waals surface area contributed by atoms with Crippen molar-refractivity contribution in [2.45, 2.75) is 49.1 Å². The minimum atomic E-state index is 0.374. The van der Waals surface area contributed by atoms with Crippen LogP contribution in [-0.2, 0) is 5.75 Å². The largest absolute Gasteiger partial charge is 0.493 e. The minimum Gasteiger partial charge on any atom is -0.493 e. The van der Waals surface area contributed by atoms with Gasteiger partial charge in [-0.05, 0) is 31.0 Å². The highest BCUT2D eigenvalue weighted by atomic mass is 32.2. The fourth-order valence-electron chi connectivity index (χ4n) is 4.46. The Balaban J connectivity index is 1.42. The molecule has 1 saturated carbocycles. The van der Waals surface area contributed by atoms with Crippen LogP contribution in [-0.4, -0.2) is 34.0 Å². The number of ether oxygens (including phenoxy) is 2. The van der Waals surface area contributed by atoms with Gasteiger partial charge in [-0.2, -0.15) is 0 Å². The maximum absolute atomic E-state index is 6.00. The maximum atomic E-state index is 6.00. The summed E-state index contributed by atoms with van der Waals surface area (Å²) in [5.41, 5.74) is 1.98. The molecule has 8 heteroatoms. The molecule has 0 atom stereocenters. The van der Waals surface area contributed by atoms with Crippen molar-refractivity contribution in [1.82, 2.24) is 19.7 Å². The van der Waals surface area contributed by atoms with E-state index in [0.717, 1.165) is 40.7 Å². The summed E-state index contributed by atoms with van der Waals surface area (Å²) >= 11 is 1.61. The number of methoxy groups -OCH3 is 2. The number of thioether (sulfide) groups is 1. The van der Waals surface area contributed by atoms with E-state index in [0.29, 0.717) is 29.2 Å². The van der Waals surface area contributed by atoms with Crippen molar-refractivity contribution in [3.8, 4) is 34.2 Å². The van der Waals surface area contributed by atoms with E-state index in [1.807, 2.05) is 48.5 Å². The van der Waals surface area contributed by atoms with Gasteiger partial charge in [0.25, 0.3) is 0 Å². The van der Waals surface area contributed by atoms with Crippen LogP contribution in [0.2, 0.25) is 0 Å². The quantitative estimate of drug-likeness (QED) is 0.272. The second-order valence-corrected chi connectivity index (χ2v) is 9.25. The van der Waals surface area contributed by atoms with Crippen molar-refractivity contribution >= 4 is 11.8 Å². The van der Waals surface area contributed by atoms with Gasteiger partial charge in [-0.3, -0.25) is 4.57 Å². The summed E-state index contributed by atoms with van der Waals surface area (Å²) < 4.78 is 19.2. The average molecular weight is 477 g/mol. The third-order valence-corrected chi connectivity index (χ3v) is 7.11. The Labute approximate surface area is 203 Å². The molecule has 1 aliphatic carbocycles. The predicted molar refractivity (Wildman–Crippen MR) is 132 cm³/mol. The van der Waals surface area contributed by atoms with Gasteiger partial charge in [0.15, 0.2) is 28.2 Å². The molecule has 176 valence electrons. The SMILES string of the molecule is COc1ccc(-c2nnc(SCc3ncc(-c4ccccc4)o3)n2C2CCCCC2)cc1OC. The Morgan fingerprint density at radius 3 is 2.50 bits per heavy atom. The average Bonchev–Trinajstić information content (AvgIpc) is 3.55. The van der Waals surface area contributed by atoms with E-state index in [4.69, 9.17) is 13.9 Å². The Bertz CT molecular complexity index is 1230. The molecule has 0 bridgehead atoms. The third-order valence-electron chi connectivity index (χ3n) is 6.18. The van der Waals surface area contributed by atoms with Crippen LogP contribution in [0.4, 0.5) is 0 Å². The van der Waals surface area contributed by atoms with Gasteiger partial charge in [0.2, 0.25) is 5.89 Å². The van der Waals surface area contributed by atoms with E-state index in [2.05, 4.69) is 19.7 Å². The van der Waals surface area contributed by atoms with E-state index in [1.165, 1.54) is 19.3 Å². The van der Waals surface area contributed by atoms with Crippen LogP contribution in [0.25, 0.3) is 22.7 Å². The molecule has 2 aromatic heterocycles. The van der Waals surface area contributed by atoms with Crippen LogP contribution in [0, 0.1) is 0 Å². The zero-order valence-corrected chi connectivity index (χ0v) is 20.3. The van der Waals surface area contributed by atoms with Gasteiger partial charge >= 0.3 is 0 Å². The molecule has 0 radical (unpaired) electrons. The Morgan fingerprint density at radius 2 is 1.74 bits per heavy atom. The van der Waals surface area contributed by atoms with Crippen molar-refractivity contribution in [1.29, 1.82) is 0 Å². The Morgan fingerprint density at radius 1 is 0.941 bits per heavy atom. The lowest BCUT2D eigenvalue weighted by Crippen LogP contribution is -2.15. The van der Waals surface area contributed by atoms with Crippen molar-refractivity contribution in [2.75, 3.05) is 14.2 Å². The highest BCUT2D eigenvalue weighted by Gasteiger charge is 2.25. The summed E-state index contributed by atoms with van der Waals surface area (Å²) in [6.45, 7) is 0. The van der Waals surface area contributed by atoms with E-state index < -0.39 is 0 Å². The smallest absolute Gasteiger partial charge is 0.205 e. The number of nitrogens with zero attached hydrogens (tertiary/aromatic N) is 4. The van der Waals surface area contributed by atoms with Crippen LogP contribution in [0.15, 0.2) is 64.3 Å². The highest BCUT2D eigenvalue weighted by Crippen LogP contribution is 2.38. The summed E-state index contributed by atoms with van der Waals surface area (Å²) in [6.07, 6.45) is 7.76. The Hall–Kier alpha value is -3.26. The molecule has 7 nitrogen and oxygen atoms in total. The molecule has 2 heterocycles. The van der Waals surface area contributed by atoms with E-state index >= 15 is 0 Å². The lowest BCUT2D eigenvalue weighted by Gasteiger charge is -2.25. The van der Waals surface area contributed by atoms with Gasteiger partial charge in [0, 0.05) is 17.2 Å². The third kappa shape index (κ3) is 4.68. The molecule has 0 spiro atoms. The van der Waals surface area contributed by atoms with Gasteiger partial charge in [-0.25, -0.2) is 4.98 Å². The number of hydrogen-bond donors (Lipinski definition) is 0. The lowest BCUT2D eigenvalue weighted by molar-refractivity contribution is 0.338. The molecule has 1 aliphatic rings. The molecular weight excluding hydrogens is 448 g/mol. The van der Waals surface area contributed by atoms with Gasteiger partial charge in [0.05, 0.1) is 26.2 Å². The number of oxazole rings is 1. The first-order chi connectivity index (χ1) is 16.8. The van der Waals surface area contributed by atoms with Crippen LogP contribution < -0.4 is 9.47 Å². The lowest BCUT2D eigenvalue weighted by atomic mass is 9.95. The molecule has 0 aliphatic heterocycles. The fraction of sp³-hybridized carbons (Fsp3) is 0.346. The molecule has 0 amide bonds. The molecule has 0 N–H and O–H groups in total. The zero-order chi connectivity index (χ0) is 23.3. The number of rotatable bonds is 8. The summed E-state index contributed by atoms with van der Waals surface area (Å²) in [5.74, 6) is 4.27. The van der Waals surface area contributed by atoms with Gasteiger partial charge in [0.1, 0.15) is 0 Å². The minimum absolute atomic E-state index is 0.374. The Kier molecular flexibility index (Phi) is 6.85. The topological polar surface area (TPSA) is 75.2 Å². The second kappa shape index (κ2) is 10.3. The van der Waals surface area contributed by atoms with Gasteiger partial charge < -0.3 is 13.9 Å². The molecule has 1 fully saturated rings. The van der Waals surface area contributed by atoms with Crippen LogP contribution in [0.5, 0.6) is 11.5 Å². The highest BCUT2D eigenvalue weighted by molar-refractivity contribution is 7.98. The van der Waals surface area contributed by atoms with Gasteiger partial charge in [-0.15, -0.1) is 10.2 Å². The predicted octanol–water partition coefficient (Wildman–Crippen LogP) is 6.41. The first-order valence-electron chi connectivity index (χ1n) is 11.6. The van der Waals surface area contributed by atoms with Crippen LogP contribution >= 0.6 is 11.8 Å². The van der Waals surface area contributed by atoms with Crippen molar-refractivity contribution in [3.63, 3.8) is 0 Å². The molecule has 34 heavy (non-hydrogen) atoms. The first-order valence-corrected chi connectivity index (χ1v) is 12.6. The van der Waals surface area contributed by atoms with E-state index in [9.17, 15) is 0 Å². The summed E-state index contributed by atoms with van der Waals surface area (Å²) in [5, 5.41) is 10.1. The number of aromatic nitrogens is 4. The van der Waals surface area contributed by atoms with Gasteiger partial charge in [-0.1, -0.05) is 61.4 Å². The van der Waals surface area contributed by atoms with Crippen molar-refractivity contribution < 1.29 is 13.9 Å². The van der Waals surface area contributed by atoms with Crippen LogP contribution in [0.1, 0.15) is 44.0 Å².